The molecule has 0 amide bonds. The first-order valence-corrected chi connectivity index (χ1v) is 7.57. The molecule has 1 nitrogen and oxygen atoms in total. The van der Waals surface area contributed by atoms with E-state index >= 15 is 0 Å². The quantitative estimate of drug-likeness (QED) is 0.701. The van der Waals surface area contributed by atoms with E-state index in [0.717, 1.165) is 25.8 Å². The van der Waals surface area contributed by atoms with Gasteiger partial charge in [0.2, 0.25) is 0 Å². The summed E-state index contributed by atoms with van der Waals surface area (Å²) in [4.78, 5) is 0. The predicted molar refractivity (Wildman–Crippen MR) is 81.6 cm³/mol. The Kier molecular flexibility index (Phi) is 7.06. The SMILES string of the molecule is CCCNC(c1ccc(Cl)c(Cl)c1)C(CC)CC. The molecule has 0 aliphatic rings. The Morgan fingerprint density at radius 2 is 1.72 bits per heavy atom. The average molecular weight is 288 g/mol. The maximum absolute atomic E-state index is 6.12. The van der Waals surface area contributed by atoms with Crippen LogP contribution in [0.4, 0.5) is 0 Å². The van der Waals surface area contributed by atoms with Crippen molar-refractivity contribution in [2.75, 3.05) is 6.54 Å². The molecule has 1 atom stereocenters. The third kappa shape index (κ3) is 4.15. The Morgan fingerprint density at radius 1 is 1.06 bits per heavy atom. The Balaban J connectivity index is 2.96. The molecular formula is C15H23Cl2N. The lowest BCUT2D eigenvalue weighted by atomic mass is 9.89. The first kappa shape index (κ1) is 15.8. The normalized spacial score (nSPS) is 13.0. The van der Waals surface area contributed by atoms with Gasteiger partial charge in [-0.1, -0.05) is 62.9 Å². The van der Waals surface area contributed by atoms with E-state index in [0.29, 0.717) is 22.0 Å². The largest absolute Gasteiger partial charge is 0.310 e. The molecule has 3 heteroatoms. The maximum atomic E-state index is 6.12. The van der Waals surface area contributed by atoms with Crippen molar-refractivity contribution in [3.05, 3.63) is 33.8 Å². The summed E-state index contributed by atoms with van der Waals surface area (Å²) in [7, 11) is 0. The number of rotatable bonds is 7. The molecule has 0 saturated carbocycles. The van der Waals surface area contributed by atoms with E-state index in [1.165, 1.54) is 5.56 Å². The molecule has 0 bridgehead atoms. The zero-order valence-corrected chi connectivity index (χ0v) is 13.0. The standard InChI is InChI=1S/C15H23Cl2N/c1-4-9-18-15(11(5-2)6-3)12-7-8-13(16)14(17)10-12/h7-8,10-11,15,18H,4-6,9H2,1-3H3. The Morgan fingerprint density at radius 3 is 2.22 bits per heavy atom. The van der Waals surface area contributed by atoms with Crippen molar-refractivity contribution in [3.63, 3.8) is 0 Å². The lowest BCUT2D eigenvalue weighted by molar-refractivity contribution is 0.341. The summed E-state index contributed by atoms with van der Waals surface area (Å²) in [5, 5.41) is 4.90. The zero-order valence-electron chi connectivity index (χ0n) is 11.5. The zero-order chi connectivity index (χ0) is 13.5. The second-order valence-electron chi connectivity index (χ2n) is 4.68. The molecule has 0 spiro atoms. The molecule has 0 fully saturated rings. The molecule has 1 aromatic rings. The van der Waals surface area contributed by atoms with Gasteiger partial charge < -0.3 is 5.32 Å². The van der Waals surface area contributed by atoms with Gasteiger partial charge >= 0.3 is 0 Å². The van der Waals surface area contributed by atoms with Crippen LogP contribution in [0.1, 0.15) is 51.6 Å². The first-order chi connectivity index (χ1) is 8.63. The number of hydrogen-bond donors (Lipinski definition) is 1. The molecule has 1 rings (SSSR count). The van der Waals surface area contributed by atoms with Gasteiger partial charge in [-0.05, 0) is 36.6 Å². The highest BCUT2D eigenvalue weighted by molar-refractivity contribution is 6.42. The molecule has 0 saturated heterocycles. The lowest BCUT2D eigenvalue weighted by Crippen LogP contribution is -2.28. The van der Waals surface area contributed by atoms with Crippen molar-refractivity contribution in [3.8, 4) is 0 Å². The van der Waals surface area contributed by atoms with Gasteiger partial charge in [0.1, 0.15) is 0 Å². The fraction of sp³-hybridized carbons (Fsp3) is 0.600. The first-order valence-electron chi connectivity index (χ1n) is 6.82. The van der Waals surface area contributed by atoms with Crippen LogP contribution in [-0.2, 0) is 0 Å². The number of halogens is 2. The average Bonchev–Trinajstić information content (AvgIpc) is 2.38. The molecular weight excluding hydrogens is 265 g/mol. The van der Waals surface area contributed by atoms with Gasteiger partial charge in [0.25, 0.3) is 0 Å². The van der Waals surface area contributed by atoms with Crippen LogP contribution in [-0.4, -0.2) is 6.54 Å². The van der Waals surface area contributed by atoms with Gasteiger partial charge in [-0.2, -0.15) is 0 Å². The molecule has 0 radical (unpaired) electrons. The molecule has 1 aromatic carbocycles. The summed E-state index contributed by atoms with van der Waals surface area (Å²) < 4.78 is 0. The third-order valence-corrected chi connectivity index (χ3v) is 4.18. The monoisotopic (exact) mass is 287 g/mol. The van der Waals surface area contributed by atoms with E-state index < -0.39 is 0 Å². The minimum Gasteiger partial charge on any atom is -0.310 e. The van der Waals surface area contributed by atoms with Gasteiger partial charge in [-0.3, -0.25) is 0 Å². The van der Waals surface area contributed by atoms with E-state index in [9.17, 15) is 0 Å². The Bertz CT molecular complexity index is 362. The minimum atomic E-state index is 0.370. The van der Waals surface area contributed by atoms with Crippen molar-refractivity contribution < 1.29 is 0 Å². The van der Waals surface area contributed by atoms with Crippen LogP contribution < -0.4 is 5.32 Å². The molecule has 1 N–H and O–H groups in total. The maximum Gasteiger partial charge on any atom is 0.0595 e. The van der Waals surface area contributed by atoms with Crippen LogP contribution >= 0.6 is 23.2 Å². The van der Waals surface area contributed by atoms with Crippen LogP contribution in [0, 0.1) is 5.92 Å². The third-order valence-electron chi connectivity index (χ3n) is 3.44. The summed E-state index contributed by atoms with van der Waals surface area (Å²) in [5.41, 5.74) is 1.24. The van der Waals surface area contributed by atoms with Crippen molar-refractivity contribution >= 4 is 23.2 Å². The number of nitrogens with one attached hydrogen (secondary N) is 1. The smallest absolute Gasteiger partial charge is 0.0595 e. The second-order valence-corrected chi connectivity index (χ2v) is 5.50. The number of hydrogen-bond acceptors (Lipinski definition) is 1. The van der Waals surface area contributed by atoms with Crippen molar-refractivity contribution in [1.82, 2.24) is 5.32 Å². The summed E-state index contributed by atoms with van der Waals surface area (Å²) in [6.45, 7) is 7.70. The predicted octanol–water partition coefficient (Wildman–Crippen LogP) is 5.47. The summed E-state index contributed by atoms with van der Waals surface area (Å²) >= 11 is 12.1. The topological polar surface area (TPSA) is 12.0 Å². The molecule has 0 aromatic heterocycles. The van der Waals surface area contributed by atoms with E-state index in [-0.39, 0.29) is 0 Å². The minimum absolute atomic E-state index is 0.370. The van der Waals surface area contributed by atoms with Crippen LogP contribution in [0.25, 0.3) is 0 Å². The Labute approximate surface area is 121 Å². The summed E-state index contributed by atoms with van der Waals surface area (Å²) in [6.07, 6.45) is 3.47. The van der Waals surface area contributed by atoms with Crippen LogP contribution in [0.5, 0.6) is 0 Å². The number of benzene rings is 1. The molecule has 0 heterocycles. The van der Waals surface area contributed by atoms with Crippen LogP contribution in [0.15, 0.2) is 18.2 Å². The Hall–Kier alpha value is -0.240. The highest BCUT2D eigenvalue weighted by Gasteiger charge is 2.20. The molecule has 18 heavy (non-hydrogen) atoms. The lowest BCUT2D eigenvalue weighted by Gasteiger charge is -2.27. The van der Waals surface area contributed by atoms with Gasteiger partial charge in [-0.25, -0.2) is 0 Å². The summed E-state index contributed by atoms with van der Waals surface area (Å²) in [5.74, 6) is 0.633. The summed E-state index contributed by atoms with van der Waals surface area (Å²) in [6, 6.07) is 6.34. The van der Waals surface area contributed by atoms with E-state index in [2.05, 4.69) is 32.2 Å². The van der Waals surface area contributed by atoms with Gasteiger partial charge in [0, 0.05) is 6.04 Å². The van der Waals surface area contributed by atoms with Crippen molar-refractivity contribution in [2.45, 2.75) is 46.1 Å². The van der Waals surface area contributed by atoms with E-state index in [4.69, 9.17) is 23.2 Å². The van der Waals surface area contributed by atoms with Gasteiger partial charge in [-0.15, -0.1) is 0 Å². The van der Waals surface area contributed by atoms with E-state index in [1.54, 1.807) is 0 Å². The fourth-order valence-electron chi connectivity index (χ4n) is 2.32. The highest BCUT2D eigenvalue weighted by atomic mass is 35.5. The molecule has 102 valence electrons. The van der Waals surface area contributed by atoms with Gasteiger partial charge in [0.15, 0.2) is 0 Å². The van der Waals surface area contributed by atoms with Crippen LogP contribution in [0.3, 0.4) is 0 Å². The fourth-order valence-corrected chi connectivity index (χ4v) is 2.63. The van der Waals surface area contributed by atoms with Crippen molar-refractivity contribution in [2.24, 2.45) is 5.92 Å². The highest BCUT2D eigenvalue weighted by Crippen LogP contribution is 2.31. The van der Waals surface area contributed by atoms with Crippen molar-refractivity contribution in [1.29, 1.82) is 0 Å². The molecule has 0 aliphatic carbocycles. The van der Waals surface area contributed by atoms with Gasteiger partial charge in [0.05, 0.1) is 10.0 Å². The van der Waals surface area contributed by atoms with E-state index in [1.807, 2.05) is 12.1 Å². The molecule has 1 unspecified atom stereocenters. The second kappa shape index (κ2) is 8.04. The molecule has 0 aliphatic heterocycles. The van der Waals surface area contributed by atoms with Crippen LogP contribution in [0.2, 0.25) is 10.0 Å².